The number of anilines is 1. The summed E-state index contributed by atoms with van der Waals surface area (Å²) in [5, 5.41) is 16.8. The smallest absolute Gasteiger partial charge is 0.281 e. The van der Waals surface area contributed by atoms with Crippen LogP contribution in [0.1, 0.15) is 5.56 Å². The first-order valence-corrected chi connectivity index (χ1v) is 7.11. The van der Waals surface area contributed by atoms with E-state index in [1.54, 1.807) is 54.6 Å². The molecule has 0 saturated heterocycles. The Hall–Kier alpha value is -2.92. The first-order chi connectivity index (χ1) is 11.1. The molecule has 1 amide bonds. The Kier molecular flexibility index (Phi) is 3.95. The molecular weight excluding hydrogens is 316 g/mol. The van der Waals surface area contributed by atoms with E-state index in [1.165, 1.54) is 6.08 Å². The van der Waals surface area contributed by atoms with Gasteiger partial charge in [0.2, 0.25) is 0 Å². The van der Waals surface area contributed by atoms with Gasteiger partial charge in [0.05, 0.1) is 17.2 Å². The van der Waals surface area contributed by atoms with Crippen molar-refractivity contribution in [1.82, 2.24) is 0 Å². The highest BCUT2D eigenvalue weighted by Crippen LogP contribution is 2.25. The van der Waals surface area contributed by atoms with Crippen molar-refractivity contribution in [1.29, 1.82) is 0 Å². The van der Waals surface area contributed by atoms with Crippen molar-refractivity contribution >= 4 is 41.0 Å². The minimum absolute atomic E-state index is 0.0313. The first-order valence-electron chi connectivity index (χ1n) is 6.73. The number of para-hydroxylation sites is 1. The van der Waals surface area contributed by atoms with E-state index in [4.69, 9.17) is 11.6 Å². The molecule has 0 unspecified atom stereocenters. The quantitative estimate of drug-likeness (QED) is 0.809. The third kappa shape index (κ3) is 3.00. The van der Waals surface area contributed by atoms with Crippen LogP contribution in [0, 0.1) is 0 Å². The van der Waals surface area contributed by atoms with Crippen LogP contribution in [0.5, 0.6) is 0 Å². The Balaban J connectivity index is 2.03. The molecule has 2 aromatic rings. The third-order valence-corrected chi connectivity index (χ3v) is 3.50. The van der Waals surface area contributed by atoms with Gasteiger partial charge >= 0.3 is 0 Å². The highest BCUT2D eigenvalue weighted by molar-refractivity contribution is 6.53. The van der Waals surface area contributed by atoms with E-state index in [0.717, 1.165) is 5.01 Å². The maximum atomic E-state index is 12.5. The van der Waals surface area contributed by atoms with Gasteiger partial charge in [-0.25, -0.2) is 0 Å². The van der Waals surface area contributed by atoms with E-state index >= 15 is 0 Å². The Morgan fingerprint density at radius 1 is 1.09 bits per heavy atom. The van der Waals surface area contributed by atoms with Crippen LogP contribution < -0.4 is 10.1 Å². The summed E-state index contributed by atoms with van der Waals surface area (Å²) in [6, 6.07) is 15.3. The number of carbonyl (C=O) groups excluding carboxylic acids is 2. The highest BCUT2D eigenvalue weighted by Gasteiger charge is 2.31. The first kappa shape index (κ1) is 15.0. The lowest BCUT2D eigenvalue weighted by Gasteiger charge is -2.10. The number of hydrogen-bond acceptors (Lipinski definition) is 4. The molecule has 1 aliphatic rings. The van der Waals surface area contributed by atoms with Crippen LogP contribution in [0.3, 0.4) is 0 Å². The van der Waals surface area contributed by atoms with E-state index in [1.807, 2.05) is 0 Å². The number of benzene rings is 2. The van der Waals surface area contributed by atoms with Gasteiger partial charge in [-0.2, -0.15) is 10.1 Å². The van der Waals surface area contributed by atoms with Crippen molar-refractivity contribution < 1.29 is 14.7 Å². The average molecular weight is 326 g/mol. The lowest BCUT2D eigenvalue weighted by atomic mass is 10.1. The highest BCUT2D eigenvalue weighted by atomic mass is 35.5. The Labute approximate surface area is 137 Å². The van der Waals surface area contributed by atoms with Gasteiger partial charge in [0.25, 0.3) is 5.91 Å². The number of nitrogens with zero attached hydrogens (tertiary/aromatic N) is 2. The maximum absolute atomic E-state index is 12.5. The largest absolute Gasteiger partial charge is 0.543 e. The van der Waals surface area contributed by atoms with E-state index < -0.39 is 17.6 Å². The Morgan fingerprint density at radius 3 is 2.35 bits per heavy atom. The van der Waals surface area contributed by atoms with Gasteiger partial charge in [-0.15, -0.1) is 0 Å². The molecule has 114 valence electrons. The summed E-state index contributed by atoms with van der Waals surface area (Å²) in [7, 11) is 0. The predicted octanol–water partition coefficient (Wildman–Crippen LogP) is 1.88. The van der Waals surface area contributed by atoms with Gasteiger partial charge < -0.3 is 9.90 Å². The molecule has 0 N–H and O–H groups in total. The number of hydrogen-bond donors (Lipinski definition) is 0. The molecule has 2 aromatic carbocycles. The second kappa shape index (κ2) is 6.06. The van der Waals surface area contributed by atoms with Crippen LogP contribution in [-0.4, -0.2) is 17.6 Å². The molecule has 0 spiro atoms. The molecular formula is C17H10ClN2O3-. The molecule has 0 aliphatic carbocycles. The second-order valence-corrected chi connectivity index (χ2v) is 5.23. The second-order valence-electron chi connectivity index (χ2n) is 4.80. The fourth-order valence-electron chi connectivity index (χ4n) is 2.17. The van der Waals surface area contributed by atoms with Gasteiger partial charge in [0.1, 0.15) is 5.71 Å². The molecule has 0 radical (unpaired) electrons. The van der Waals surface area contributed by atoms with Gasteiger partial charge in [-0.05, 0) is 35.9 Å². The van der Waals surface area contributed by atoms with Crippen LogP contribution in [0.15, 0.2) is 65.3 Å². The maximum Gasteiger partial charge on any atom is 0.281 e. The molecule has 3 rings (SSSR count). The number of aliphatic carboxylic acids is 1. The van der Waals surface area contributed by atoms with E-state index in [0.29, 0.717) is 16.3 Å². The van der Waals surface area contributed by atoms with Crippen LogP contribution >= 0.6 is 11.6 Å². The van der Waals surface area contributed by atoms with Crippen LogP contribution in [0.25, 0.3) is 6.08 Å². The monoisotopic (exact) mass is 325 g/mol. The SMILES string of the molecule is O=C([O-])C1=NN(c2ccccc2)C(=O)C1=Cc1ccc(Cl)cc1. The Morgan fingerprint density at radius 2 is 1.74 bits per heavy atom. The van der Waals surface area contributed by atoms with Crippen LogP contribution in [0.4, 0.5) is 5.69 Å². The molecule has 0 saturated carbocycles. The van der Waals surface area contributed by atoms with Crippen LogP contribution in [0.2, 0.25) is 5.02 Å². The standard InChI is InChI=1S/C17H11ClN2O3/c18-12-8-6-11(7-9-12)10-14-15(17(22)23)19-20(16(14)21)13-4-2-1-3-5-13/h1-10H,(H,22,23)/p-1. The topological polar surface area (TPSA) is 72.8 Å². The molecule has 23 heavy (non-hydrogen) atoms. The van der Waals surface area contributed by atoms with Crippen molar-refractivity contribution in [2.24, 2.45) is 5.10 Å². The van der Waals surface area contributed by atoms with Crippen molar-refractivity contribution in [2.45, 2.75) is 0 Å². The molecule has 0 bridgehead atoms. The molecule has 0 atom stereocenters. The summed E-state index contributed by atoms with van der Waals surface area (Å²) in [5.41, 5.74) is 0.697. The summed E-state index contributed by atoms with van der Waals surface area (Å²) in [6.45, 7) is 0. The molecule has 1 aliphatic heterocycles. The normalized spacial score (nSPS) is 15.9. The van der Waals surface area contributed by atoms with Gasteiger partial charge in [0.15, 0.2) is 0 Å². The Bertz CT molecular complexity index is 827. The summed E-state index contributed by atoms with van der Waals surface area (Å²) >= 11 is 5.82. The fraction of sp³-hybridized carbons (Fsp3) is 0. The predicted molar refractivity (Wildman–Crippen MR) is 85.8 cm³/mol. The minimum atomic E-state index is -1.50. The van der Waals surface area contributed by atoms with Gasteiger partial charge in [-0.3, -0.25) is 4.79 Å². The number of carboxylic acids is 1. The van der Waals surface area contributed by atoms with E-state index in [9.17, 15) is 14.7 Å². The number of amides is 1. The molecule has 0 aromatic heterocycles. The van der Waals surface area contributed by atoms with Gasteiger partial charge in [0, 0.05) is 5.02 Å². The zero-order chi connectivity index (χ0) is 16.4. The van der Waals surface area contributed by atoms with Crippen molar-refractivity contribution in [3.05, 3.63) is 70.8 Å². The minimum Gasteiger partial charge on any atom is -0.543 e. The lowest BCUT2D eigenvalue weighted by Crippen LogP contribution is -2.32. The average Bonchev–Trinajstić information content (AvgIpc) is 2.88. The molecule has 0 fully saturated rings. The van der Waals surface area contributed by atoms with E-state index in [-0.39, 0.29) is 5.57 Å². The number of carboxylic acid groups (broad SMARTS) is 1. The fourth-order valence-corrected chi connectivity index (χ4v) is 2.29. The molecule has 6 heteroatoms. The van der Waals surface area contributed by atoms with Crippen LogP contribution in [-0.2, 0) is 9.59 Å². The number of hydrazone groups is 1. The number of rotatable bonds is 3. The summed E-state index contributed by atoms with van der Waals surface area (Å²) in [4.78, 5) is 23.8. The molecule has 1 heterocycles. The van der Waals surface area contributed by atoms with Crippen molar-refractivity contribution in [2.75, 3.05) is 5.01 Å². The lowest BCUT2D eigenvalue weighted by molar-refractivity contribution is -0.294. The zero-order valence-corrected chi connectivity index (χ0v) is 12.5. The van der Waals surface area contributed by atoms with Gasteiger partial charge in [-0.1, -0.05) is 41.9 Å². The summed E-state index contributed by atoms with van der Waals surface area (Å²) < 4.78 is 0. The summed E-state index contributed by atoms with van der Waals surface area (Å²) in [6.07, 6.45) is 1.45. The van der Waals surface area contributed by atoms with Crippen molar-refractivity contribution in [3.8, 4) is 0 Å². The summed E-state index contributed by atoms with van der Waals surface area (Å²) in [5.74, 6) is -2.03. The van der Waals surface area contributed by atoms with E-state index in [2.05, 4.69) is 5.10 Å². The number of carbonyl (C=O) groups is 2. The number of halogens is 1. The third-order valence-electron chi connectivity index (χ3n) is 3.25. The molecule has 5 nitrogen and oxygen atoms in total. The van der Waals surface area contributed by atoms with Crippen molar-refractivity contribution in [3.63, 3.8) is 0 Å². The zero-order valence-electron chi connectivity index (χ0n) is 11.8.